The van der Waals surface area contributed by atoms with E-state index in [0.717, 1.165) is 11.1 Å². The van der Waals surface area contributed by atoms with Crippen LogP contribution >= 0.6 is 27.3 Å². The average molecular weight is 649 g/mol. The molecule has 5 rings (SSSR count). The van der Waals surface area contributed by atoms with Gasteiger partial charge in [-0.1, -0.05) is 41.7 Å². The number of carbonyl (C=O) groups is 1. The van der Waals surface area contributed by atoms with Crippen molar-refractivity contribution < 1.29 is 19.0 Å². The number of para-hydroxylation sites is 1. The van der Waals surface area contributed by atoms with Crippen LogP contribution in [0, 0.1) is 0 Å². The van der Waals surface area contributed by atoms with E-state index in [9.17, 15) is 9.59 Å². The maximum atomic E-state index is 14.0. The molecule has 2 heterocycles. The van der Waals surface area contributed by atoms with Crippen molar-refractivity contribution in [2.45, 2.75) is 26.8 Å². The van der Waals surface area contributed by atoms with Crippen LogP contribution in [0.2, 0.25) is 0 Å². The second-order valence-corrected chi connectivity index (χ2v) is 11.2. The number of nitrogens with zero attached hydrogens (tertiary/aromatic N) is 2. The number of methoxy groups -OCH3 is 1. The molecule has 1 aliphatic heterocycles. The lowest BCUT2D eigenvalue weighted by atomic mass is 9.95. The third kappa shape index (κ3) is 5.91. The fourth-order valence-corrected chi connectivity index (χ4v) is 6.44. The highest BCUT2D eigenvalue weighted by Gasteiger charge is 2.32. The first-order valence-electron chi connectivity index (χ1n) is 13.5. The van der Waals surface area contributed by atoms with Gasteiger partial charge in [-0.15, -0.1) is 0 Å². The van der Waals surface area contributed by atoms with Crippen LogP contribution in [0.25, 0.3) is 6.08 Å². The van der Waals surface area contributed by atoms with Crippen molar-refractivity contribution >= 4 is 44.9 Å². The Bertz CT molecular complexity index is 1830. The van der Waals surface area contributed by atoms with E-state index in [0.29, 0.717) is 61.2 Å². The van der Waals surface area contributed by atoms with Crippen LogP contribution in [0.15, 0.2) is 92.3 Å². The summed E-state index contributed by atoms with van der Waals surface area (Å²) in [7, 11) is 1.57. The molecular formula is C32H30BrN3O5S. The largest absolute Gasteiger partial charge is 0.494 e. The molecule has 216 valence electrons. The van der Waals surface area contributed by atoms with Crippen LogP contribution in [-0.4, -0.2) is 30.8 Å². The molecule has 3 aromatic carbocycles. The third-order valence-corrected chi connectivity index (χ3v) is 8.21. The number of allylic oxidation sites excluding steroid dienone is 1. The van der Waals surface area contributed by atoms with E-state index in [4.69, 9.17) is 19.2 Å². The van der Waals surface area contributed by atoms with Gasteiger partial charge in [-0.2, -0.15) is 0 Å². The van der Waals surface area contributed by atoms with Gasteiger partial charge in [0.15, 0.2) is 16.3 Å². The van der Waals surface area contributed by atoms with Gasteiger partial charge in [0, 0.05) is 5.69 Å². The lowest BCUT2D eigenvalue weighted by molar-refractivity contribution is -0.113. The molecule has 1 aromatic heterocycles. The zero-order valence-electron chi connectivity index (χ0n) is 23.6. The first-order chi connectivity index (χ1) is 20.3. The summed E-state index contributed by atoms with van der Waals surface area (Å²) in [5.41, 5.74) is 2.86. The minimum absolute atomic E-state index is 0.251. The van der Waals surface area contributed by atoms with Crippen LogP contribution in [0.5, 0.6) is 17.2 Å². The predicted octanol–water partition coefficient (Wildman–Crippen LogP) is 5.44. The highest BCUT2D eigenvalue weighted by atomic mass is 79.9. The first-order valence-corrected chi connectivity index (χ1v) is 15.1. The molecule has 1 atom stereocenters. The highest BCUT2D eigenvalue weighted by molar-refractivity contribution is 9.10. The van der Waals surface area contributed by atoms with E-state index in [2.05, 4.69) is 21.2 Å². The molecule has 0 aliphatic carbocycles. The van der Waals surface area contributed by atoms with Crippen molar-refractivity contribution in [3.05, 3.63) is 113 Å². The number of nitrogens with one attached hydrogen (secondary N) is 1. The second kappa shape index (κ2) is 12.8. The molecule has 0 saturated heterocycles. The van der Waals surface area contributed by atoms with Gasteiger partial charge in [-0.05, 0) is 90.3 Å². The zero-order chi connectivity index (χ0) is 29.8. The molecule has 0 unspecified atom stereocenters. The normalized spacial score (nSPS) is 14.7. The quantitative estimate of drug-likeness (QED) is 0.261. The summed E-state index contributed by atoms with van der Waals surface area (Å²) in [6, 6.07) is 19.7. The first kappa shape index (κ1) is 29.3. The summed E-state index contributed by atoms with van der Waals surface area (Å²) < 4.78 is 19.7. The second-order valence-electron chi connectivity index (χ2n) is 9.37. The molecule has 8 nitrogen and oxygen atoms in total. The molecule has 0 saturated carbocycles. The van der Waals surface area contributed by atoms with E-state index in [-0.39, 0.29) is 11.5 Å². The third-order valence-electron chi connectivity index (χ3n) is 6.64. The lowest BCUT2D eigenvalue weighted by Crippen LogP contribution is -2.40. The number of anilines is 1. The van der Waals surface area contributed by atoms with Gasteiger partial charge in [0.05, 0.1) is 46.6 Å². The number of hydrogen-bond acceptors (Lipinski definition) is 7. The molecule has 0 radical (unpaired) electrons. The Morgan fingerprint density at radius 3 is 2.45 bits per heavy atom. The summed E-state index contributed by atoms with van der Waals surface area (Å²) in [5, 5.41) is 2.97. The van der Waals surface area contributed by atoms with Gasteiger partial charge in [0.2, 0.25) is 0 Å². The Balaban J connectivity index is 1.65. The predicted molar refractivity (Wildman–Crippen MR) is 168 cm³/mol. The summed E-state index contributed by atoms with van der Waals surface area (Å²) >= 11 is 4.83. The van der Waals surface area contributed by atoms with Crippen molar-refractivity contribution in [3.63, 3.8) is 0 Å². The number of halogens is 1. The molecular weight excluding hydrogens is 618 g/mol. The number of hydrogen-bond donors (Lipinski definition) is 1. The number of rotatable bonds is 9. The fraction of sp³-hybridized carbons (Fsp3) is 0.219. The Kier molecular flexibility index (Phi) is 8.94. The van der Waals surface area contributed by atoms with E-state index >= 15 is 0 Å². The summed E-state index contributed by atoms with van der Waals surface area (Å²) in [4.78, 5) is 33.0. The van der Waals surface area contributed by atoms with Crippen molar-refractivity contribution in [2.24, 2.45) is 4.99 Å². The Morgan fingerprint density at radius 2 is 1.79 bits per heavy atom. The van der Waals surface area contributed by atoms with Gasteiger partial charge in [-0.25, -0.2) is 4.99 Å². The number of carbonyl (C=O) groups excluding carboxylic acids is 1. The molecule has 1 amide bonds. The standard InChI is InChI=1S/C32H30BrN3O5S/c1-5-40-23-14-12-21(13-15-23)28-27(30(37)35-22-10-8-7-9-11-22)19(3)34-32-36(28)31(38)26(42-32)18-20-16-24(33)29(41-6-2)25(17-20)39-4/h7-18,28H,5-6H2,1-4H3,(H,35,37)/b26-18-/t28-/m0/s1. The smallest absolute Gasteiger partial charge is 0.271 e. The Hall–Kier alpha value is -4.15. The van der Waals surface area contributed by atoms with E-state index in [1.807, 2.05) is 80.6 Å². The van der Waals surface area contributed by atoms with Crippen LogP contribution in [0.1, 0.15) is 37.9 Å². The van der Waals surface area contributed by atoms with Crippen molar-refractivity contribution in [2.75, 3.05) is 25.6 Å². The zero-order valence-corrected chi connectivity index (χ0v) is 26.0. The van der Waals surface area contributed by atoms with Gasteiger partial charge in [0.1, 0.15) is 5.75 Å². The van der Waals surface area contributed by atoms with Crippen molar-refractivity contribution in [1.82, 2.24) is 4.57 Å². The molecule has 42 heavy (non-hydrogen) atoms. The van der Waals surface area contributed by atoms with Gasteiger partial charge >= 0.3 is 0 Å². The Labute approximate surface area is 255 Å². The van der Waals surface area contributed by atoms with Crippen LogP contribution in [-0.2, 0) is 4.79 Å². The monoisotopic (exact) mass is 647 g/mol. The fourth-order valence-electron chi connectivity index (χ4n) is 4.82. The maximum Gasteiger partial charge on any atom is 0.271 e. The molecule has 4 aromatic rings. The highest BCUT2D eigenvalue weighted by Crippen LogP contribution is 2.37. The molecule has 1 aliphatic rings. The number of benzene rings is 3. The van der Waals surface area contributed by atoms with E-state index in [1.54, 1.807) is 24.7 Å². The minimum Gasteiger partial charge on any atom is -0.494 e. The average Bonchev–Trinajstić information content (AvgIpc) is 3.28. The maximum absolute atomic E-state index is 14.0. The van der Waals surface area contributed by atoms with Crippen molar-refractivity contribution in [1.29, 1.82) is 0 Å². The van der Waals surface area contributed by atoms with Crippen LogP contribution in [0.3, 0.4) is 0 Å². The number of amides is 1. The van der Waals surface area contributed by atoms with Crippen LogP contribution in [0.4, 0.5) is 5.69 Å². The minimum atomic E-state index is -0.690. The molecule has 10 heteroatoms. The van der Waals surface area contributed by atoms with Crippen molar-refractivity contribution in [3.8, 4) is 17.2 Å². The van der Waals surface area contributed by atoms with E-state index in [1.165, 1.54) is 11.3 Å². The molecule has 0 bridgehead atoms. The number of fused-ring (bicyclic) bond motifs is 1. The number of aromatic nitrogens is 1. The summed E-state index contributed by atoms with van der Waals surface area (Å²) in [6.07, 6.45) is 1.80. The number of thiazole rings is 1. The van der Waals surface area contributed by atoms with Gasteiger partial charge in [0.25, 0.3) is 11.5 Å². The summed E-state index contributed by atoms with van der Waals surface area (Å²) in [5.74, 6) is 1.53. The molecule has 0 spiro atoms. The van der Waals surface area contributed by atoms with Gasteiger partial charge < -0.3 is 19.5 Å². The number of ether oxygens (including phenoxy) is 3. The lowest BCUT2D eigenvalue weighted by Gasteiger charge is -2.25. The SMILES string of the molecule is CCOc1ccc([C@H]2C(C(=O)Nc3ccccc3)=C(C)N=c3s/c(=C\c4cc(Br)c(OCC)c(OC)c4)c(=O)n32)cc1. The Morgan fingerprint density at radius 1 is 1.07 bits per heavy atom. The topological polar surface area (TPSA) is 91.2 Å². The molecule has 1 N–H and O–H groups in total. The van der Waals surface area contributed by atoms with Gasteiger partial charge in [-0.3, -0.25) is 14.2 Å². The molecule has 0 fully saturated rings. The van der Waals surface area contributed by atoms with E-state index < -0.39 is 6.04 Å². The summed E-state index contributed by atoms with van der Waals surface area (Å²) in [6.45, 7) is 6.64. The van der Waals surface area contributed by atoms with Crippen LogP contribution < -0.4 is 34.4 Å².